The highest BCUT2D eigenvalue weighted by molar-refractivity contribution is 9.11. The quantitative estimate of drug-likeness (QED) is 0.0433. The Hall–Kier alpha value is -8.20. The summed E-state index contributed by atoms with van der Waals surface area (Å²) in [4.78, 5) is 47.7. The van der Waals surface area contributed by atoms with Crippen LogP contribution in [-0.4, -0.2) is 195 Å². The first kappa shape index (κ1) is 68.3. The monoisotopic (exact) mass is 1490 g/mol. The molecule has 30 heteroatoms. The lowest BCUT2D eigenvalue weighted by Crippen LogP contribution is -2.49. The van der Waals surface area contributed by atoms with Gasteiger partial charge in [-0.1, -0.05) is 0 Å². The van der Waals surface area contributed by atoms with Crippen molar-refractivity contribution in [3.05, 3.63) is 119 Å². The molecule has 4 aromatic carbocycles. The van der Waals surface area contributed by atoms with Crippen molar-refractivity contribution in [2.24, 2.45) is 14.1 Å². The van der Waals surface area contributed by atoms with Crippen LogP contribution in [0.1, 0.15) is 31.4 Å². The van der Waals surface area contributed by atoms with Gasteiger partial charge in [-0.2, -0.15) is 20.2 Å². The lowest BCUT2D eigenvalue weighted by molar-refractivity contribution is 0.0115. The summed E-state index contributed by atoms with van der Waals surface area (Å²) in [5.74, 6) is 2.78. The van der Waals surface area contributed by atoms with Gasteiger partial charge in [-0.25, -0.2) is 9.97 Å². The summed E-state index contributed by atoms with van der Waals surface area (Å²) in [6.45, 7) is 15.2. The van der Waals surface area contributed by atoms with Crippen LogP contribution in [-0.2, 0) is 39.2 Å². The first-order valence-corrected chi connectivity index (χ1v) is 39.3. The van der Waals surface area contributed by atoms with Crippen molar-refractivity contribution in [3.8, 4) is 33.8 Å². The van der Waals surface area contributed by atoms with Crippen LogP contribution in [0.2, 0.25) is 0 Å². The molecule has 0 spiro atoms. The number of halogens is 2. The SMILES string of the molecule is COc1cc(N2CCC(OCCN(C)Cc3nc(Nc4cc(-c5cnn(C)c5)c(N5CCC(N6CCOCC6)CC5)cc4OC)nc(Nc4ccc5nccnc5c4P(C)(C)=O)c3Br)CC2)c(-c2cnn(C)c2)cc1Nc1ncc(Br)c(Nc2ccc3nccnc3c2P(C)(C)=O)n1. The maximum Gasteiger partial charge on any atom is 0.229 e. The number of likely N-dealkylation sites (N-methyl/N-ethyl adjacent to an activating group) is 1. The Morgan fingerprint density at radius 3 is 1.63 bits per heavy atom. The molecule has 3 aliphatic rings. The van der Waals surface area contributed by atoms with E-state index in [0.29, 0.717) is 131 Å². The number of aryl methyl sites for hydroxylation is 2. The molecule has 0 saturated carbocycles. The molecule has 4 N–H and O–H groups in total. The van der Waals surface area contributed by atoms with Gasteiger partial charge in [0.15, 0.2) is 5.82 Å². The van der Waals surface area contributed by atoms with Crippen molar-refractivity contribution < 1.29 is 28.1 Å². The number of hydrogen-bond acceptors (Lipinski definition) is 24. The highest BCUT2D eigenvalue weighted by Crippen LogP contribution is 2.46. The lowest BCUT2D eigenvalue weighted by Gasteiger charge is -2.41. The van der Waals surface area contributed by atoms with Crippen molar-refractivity contribution in [2.75, 3.05) is 145 Å². The minimum atomic E-state index is -2.94. The number of anilines is 10. The molecule has 3 saturated heterocycles. The van der Waals surface area contributed by atoms with E-state index < -0.39 is 14.3 Å². The fourth-order valence-electron chi connectivity index (χ4n) is 13.2. The van der Waals surface area contributed by atoms with Gasteiger partial charge in [-0.3, -0.25) is 39.1 Å². The smallest absolute Gasteiger partial charge is 0.229 e. The molecule has 0 amide bonds. The number of hydrogen-bond donors (Lipinski definition) is 4. The largest absolute Gasteiger partial charge is 0.494 e. The third kappa shape index (κ3) is 15.2. The Morgan fingerprint density at radius 2 is 1.11 bits per heavy atom. The third-order valence-electron chi connectivity index (χ3n) is 18.0. The summed E-state index contributed by atoms with van der Waals surface area (Å²) in [6, 6.07) is 16.3. The van der Waals surface area contributed by atoms with Gasteiger partial charge in [0.1, 0.15) is 42.6 Å². The number of methoxy groups -OCH3 is 2. The molecule has 0 bridgehead atoms. The summed E-state index contributed by atoms with van der Waals surface area (Å²) < 4.78 is 57.5. The van der Waals surface area contributed by atoms with E-state index in [9.17, 15) is 9.13 Å². The van der Waals surface area contributed by atoms with Gasteiger partial charge in [-0.15, -0.1) is 0 Å². The number of benzene rings is 4. The van der Waals surface area contributed by atoms with Gasteiger partial charge in [0, 0.05) is 162 Å². The van der Waals surface area contributed by atoms with Gasteiger partial charge in [0.2, 0.25) is 11.9 Å². The average molecular weight is 1500 g/mol. The third-order valence-corrected chi connectivity index (χ3v) is 22.5. The zero-order valence-electron chi connectivity index (χ0n) is 56.3. The van der Waals surface area contributed by atoms with E-state index in [1.807, 2.05) is 67.8 Å². The van der Waals surface area contributed by atoms with Crippen LogP contribution >= 0.6 is 46.1 Å². The molecule has 0 aliphatic carbocycles. The molecule has 13 rings (SSSR count). The number of nitrogens with one attached hydrogen (secondary N) is 4. The van der Waals surface area contributed by atoms with E-state index in [1.165, 1.54) is 0 Å². The molecule has 0 atom stereocenters. The second kappa shape index (κ2) is 29.3. The van der Waals surface area contributed by atoms with Crippen molar-refractivity contribution in [2.45, 2.75) is 44.4 Å². The van der Waals surface area contributed by atoms with Crippen LogP contribution in [0.15, 0.2) is 113 Å². The normalized spacial score (nSPS) is 15.3. The predicted molar refractivity (Wildman–Crippen MR) is 395 cm³/mol. The summed E-state index contributed by atoms with van der Waals surface area (Å²) >= 11 is 7.57. The number of fused-ring (bicyclic) bond motifs is 2. The first-order valence-electron chi connectivity index (χ1n) is 32.5. The number of morpholine rings is 1. The van der Waals surface area contributed by atoms with Gasteiger partial charge in [0.05, 0.1) is 112 Å². The molecule has 512 valence electrons. The summed E-state index contributed by atoms with van der Waals surface area (Å²) in [5, 5.41) is 24.3. The molecular weight excluding hydrogens is 1410 g/mol. The van der Waals surface area contributed by atoms with E-state index in [2.05, 4.69) is 139 Å². The van der Waals surface area contributed by atoms with Crippen molar-refractivity contribution in [1.82, 2.24) is 69.2 Å². The standard InChI is InChI=1S/C68H80Br2N20O6P2/c1-85(26-31-96-45-16-24-90(25-17-45)57-35-58(93-4)53(32-46(57)42-36-76-86(2)39-42)80-67-75-38-48(69)65(83-67)78-51-12-10-49-61(73-20-18-71-49)63(51)97(6,7)91)41-55-60(70)66(79-52-13-11-50-62(74-21-19-72-50)64(52)98(8,9)92)84-68(82-55)81-54-33-47(43-37-77-87(3)40-43)56(34-59(54)94-5)89-22-14-44(15-23-89)88-27-29-95-30-28-88/h10-13,18-21,32-40,44-45H,14-17,22-31,41H2,1-9H3,(H2,75,78,80,83)(H2,79,81,82,84). The van der Waals surface area contributed by atoms with E-state index >= 15 is 0 Å². The van der Waals surface area contributed by atoms with Crippen LogP contribution in [0.25, 0.3) is 44.3 Å². The van der Waals surface area contributed by atoms with E-state index in [-0.39, 0.29) is 6.10 Å². The highest BCUT2D eigenvalue weighted by atomic mass is 79.9. The first-order chi connectivity index (χ1) is 47.2. The maximum absolute atomic E-state index is 14.2. The van der Waals surface area contributed by atoms with Crippen LogP contribution in [0.3, 0.4) is 0 Å². The van der Waals surface area contributed by atoms with Gasteiger partial charge < -0.3 is 59.1 Å². The van der Waals surface area contributed by atoms with Crippen LogP contribution in [0.4, 0.5) is 57.7 Å². The van der Waals surface area contributed by atoms with Crippen molar-refractivity contribution >= 4 is 136 Å². The van der Waals surface area contributed by atoms with Crippen molar-refractivity contribution in [1.29, 1.82) is 0 Å². The highest BCUT2D eigenvalue weighted by Gasteiger charge is 2.31. The summed E-state index contributed by atoms with van der Waals surface area (Å²) in [5.41, 5.74) is 11.6. The fraction of sp³-hybridized carbons (Fsp3) is 0.382. The van der Waals surface area contributed by atoms with Crippen LogP contribution < -0.4 is 51.1 Å². The summed E-state index contributed by atoms with van der Waals surface area (Å²) in [7, 11) is 3.43. The Balaban J connectivity index is 0.718. The zero-order chi connectivity index (χ0) is 68.4. The number of aromatic nitrogens is 12. The summed E-state index contributed by atoms with van der Waals surface area (Å²) in [6.07, 6.45) is 19.6. The van der Waals surface area contributed by atoms with E-state index in [4.69, 9.17) is 33.9 Å². The minimum absolute atomic E-state index is 0.0214. The number of piperidine rings is 2. The topological polar surface area (TPSA) is 271 Å². The lowest BCUT2D eigenvalue weighted by atomic mass is 9.99. The molecule has 6 aromatic heterocycles. The second-order valence-electron chi connectivity index (χ2n) is 25.6. The Kier molecular flexibility index (Phi) is 20.4. The van der Waals surface area contributed by atoms with Crippen molar-refractivity contribution in [3.63, 3.8) is 0 Å². The number of rotatable bonds is 23. The van der Waals surface area contributed by atoms with Gasteiger partial charge >= 0.3 is 0 Å². The predicted octanol–water partition coefficient (Wildman–Crippen LogP) is 11.4. The molecule has 98 heavy (non-hydrogen) atoms. The molecule has 9 heterocycles. The molecule has 10 aromatic rings. The van der Waals surface area contributed by atoms with Crippen LogP contribution in [0, 0.1) is 0 Å². The van der Waals surface area contributed by atoms with Gasteiger partial charge in [-0.05, 0) is 128 Å². The molecule has 3 fully saturated rings. The molecule has 0 radical (unpaired) electrons. The van der Waals surface area contributed by atoms with Crippen LogP contribution in [0.5, 0.6) is 11.5 Å². The average Bonchev–Trinajstić information content (AvgIpc) is 0.824. The minimum Gasteiger partial charge on any atom is -0.494 e. The second-order valence-corrected chi connectivity index (χ2v) is 33.6. The number of nitrogens with zero attached hydrogens (tertiary/aromatic N) is 16. The fourth-order valence-corrected chi connectivity index (χ4v) is 16.7. The van der Waals surface area contributed by atoms with E-state index in [1.54, 1.807) is 76.5 Å². The van der Waals surface area contributed by atoms with E-state index in [0.717, 1.165) is 112 Å². The molecular formula is C68H80Br2N20O6P2. The number of ether oxygens (including phenoxy) is 4. The molecule has 0 unspecified atom stereocenters. The maximum atomic E-state index is 14.2. The Morgan fingerprint density at radius 1 is 0.602 bits per heavy atom. The Labute approximate surface area is 586 Å². The van der Waals surface area contributed by atoms with Gasteiger partial charge in [0.25, 0.3) is 0 Å². The molecule has 3 aliphatic heterocycles. The Bertz CT molecular complexity index is 4660. The zero-order valence-corrected chi connectivity index (χ0v) is 61.3. The molecule has 26 nitrogen and oxygen atoms in total.